The van der Waals surface area contributed by atoms with E-state index in [0.29, 0.717) is 0 Å². The summed E-state index contributed by atoms with van der Waals surface area (Å²) >= 11 is 0. The maximum atomic E-state index is 11.1. The third kappa shape index (κ3) is 3.98. The number of hydrogen-bond acceptors (Lipinski definition) is 1. The van der Waals surface area contributed by atoms with Crippen LogP contribution in [0.2, 0.25) is 0 Å². The molecule has 0 spiro atoms. The normalized spacial score (nSPS) is 9.67. The van der Waals surface area contributed by atoms with Crippen molar-refractivity contribution >= 4 is 5.91 Å². The SMILES string of the molecule is C=CN(CCCc1ccccc1)C(C)=O. The molecule has 0 bridgehead atoms. The van der Waals surface area contributed by atoms with Crippen LogP contribution < -0.4 is 0 Å². The monoisotopic (exact) mass is 203 g/mol. The molecule has 0 fully saturated rings. The maximum absolute atomic E-state index is 11.1. The van der Waals surface area contributed by atoms with Gasteiger partial charge in [-0.3, -0.25) is 4.79 Å². The first-order valence-corrected chi connectivity index (χ1v) is 5.17. The second-order valence-corrected chi connectivity index (χ2v) is 3.48. The minimum absolute atomic E-state index is 0.0538. The number of rotatable bonds is 5. The Kier molecular flexibility index (Phi) is 4.61. The lowest BCUT2D eigenvalue weighted by Gasteiger charge is -2.15. The average molecular weight is 203 g/mol. The number of aryl methyl sites for hydroxylation is 1. The highest BCUT2D eigenvalue weighted by Gasteiger charge is 2.02. The van der Waals surface area contributed by atoms with Gasteiger partial charge in [0.05, 0.1) is 0 Å². The molecule has 1 aromatic carbocycles. The summed E-state index contributed by atoms with van der Waals surface area (Å²) in [4.78, 5) is 12.7. The van der Waals surface area contributed by atoms with E-state index in [1.807, 2.05) is 18.2 Å². The summed E-state index contributed by atoms with van der Waals surface area (Å²) in [6.07, 6.45) is 3.56. The first kappa shape index (κ1) is 11.5. The molecule has 2 heteroatoms. The molecule has 0 aliphatic carbocycles. The molecule has 0 aromatic heterocycles. The zero-order valence-corrected chi connectivity index (χ0v) is 9.15. The van der Waals surface area contributed by atoms with Gasteiger partial charge in [0, 0.05) is 13.5 Å². The molecule has 0 unspecified atom stereocenters. The maximum Gasteiger partial charge on any atom is 0.223 e. The summed E-state index contributed by atoms with van der Waals surface area (Å²) in [5.41, 5.74) is 1.31. The van der Waals surface area contributed by atoms with Crippen LogP contribution in [0.3, 0.4) is 0 Å². The molecule has 0 saturated carbocycles. The van der Waals surface area contributed by atoms with Crippen molar-refractivity contribution in [2.24, 2.45) is 0 Å². The molecule has 0 aliphatic heterocycles. The second kappa shape index (κ2) is 6.02. The minimum Gasteiger partial charge on any atom is -0.320 e. The number of nitrogens with zero attached hydrogens (tertiary/aromatic N) is 1. The molecule has 80 valence electrons. The molecular weight excluding hydrogens is 186 g/mol. The van der Waals surface area contributed by atoms with Crippen molar-refractivity contribution in [3.05, 3.63) is 48.7 Å². The number of hydrogen-bond donors (Lipinski definition) is 0. The quantitative estimate of drug-likeness (QED) is 0.720. The zero-order valence-electron chi connectivity index (χ0n) is 9.15. The molecule has 1 aromatic rings. The van der Waals surface area contributed by atoms with Crippen molar-refractivity contribution < 1.29 is 4.79 Å². The predicted molar refractivity (Wildman–Crippen MR) is 62.3 cm³/mol. The molecule has 0 N–H and O–H groups in total. The van der Waals surface area contributed by atoms with E-state index in [1.165, 1.54) is 5.56 Å². The fourth-order valence-corrected chi connectivity index (χ4v) is 1.48. The van der Waals surface area contributed by atoms with Crippen LogP contribution in [0.4, 0.5) is 0 Å². The Morgan fingerprint density at radius 3 is 2.60 bits per heavy atom. The Hall–Kier alpha value is -1.57. The van der Waals surface area contributed by atoms with E-state index < -0.39 is 0 Å². The van der Waals surface area contributed by atoms with Crippen LogP contribution in [0.5, 0.6) is 0 Å². The molecular formula is C13H17NO. The van der Waals surface area contributed by atoms with Gasteiger partial charge in [-0.25, -0.2) is 0 Å². The zero-order chi connectivity index (χ0) is 11.1. The summed E-state index contributed by atoms with van der Waals surface area (Å²) in [6, 6.07) is 10.3. The van der Waals surface area contributed by atoms with Gasteiger partial charge in [-0.05, 0) is 24.6 Å². The van der Waals surface area contributed by atoms with Gasteiger partial charge in [-0.15, -0.1) is 0 Å². The topological polar surface area (TPSA) is 20.3 Å². The van der Waals surface area contributed by atoms with Gasteiger partial charge in [0.1, 0.15) is 0 Å². The Labute approximate surface area is 91.2 Å². The van der Waals surface area contributed by atoms with Crippen LogP contribution in [0.15, 0.2) is 43.1 Å². The molecule has 0 aliphatic rings. The lowest BCUT2D eigenvalue weighted by Crippen LogP contribution is -2.23. The molecule has 1 rings (SSSR count). The van der Waals surface area contributed by atoms with E-state index in [-0.39, 0.29) is 5.91 Å². The first-order valence-electron chi connectivity index (χ1n) is 5.17. The lowest BCUT2D eigenvalue weighted by molar-refractivity contribution is -0.126. The third-order valence-corrected chi connectivity index (χ3v) is 2.33. The Morgan fingerprint density at radius 2 is 2.07 bits per heavy atom. The first-order chi connectivity index (χ1) is 7.24. The predicted octanol–water partition coefficient (Wildman–Crippen LogP) is 2.61. The number of amides is 1. The van der Waals surface area contributed by atoms with Crippen LogP contribution in [0.25, 0.3) is 0 Å². The molecule has 0 saturated heterocycles. The van der Waals surface area contributed by atoms with Crippen molar-refractivity contribution in [3.8, 4) is 0 Å². The molecule has 0 radical (unpaired) electrons. The smallest absolute Gasteiger partial charge is 0.223 e. The standard InChI is InChI=1S/C13H17NO/c1-3-14(12(2)15)11-7-10-13-8-5-4-6-9-13/h3-6,8-9H,1,7,10-11H2,2H3. The van der Waals surface area contributed by atoms with E-state index in [4.69, 9.17) is 0 Å². The van der Waals surface area contributed by atoms with E-state index in [0.717, 1.165) is 19.4 Å². The van der Waals surface area contributed by atoms with Crippen molar-refractivity contribution in [2.45, 2.75) is 19.8 Å². The lowest BCUT2D eigenvalue weighted by atomic mass is 10.1. The van der Waals surface area contributed by atoms with Gasteiger partial charge >= 0.3 is 0 Å². The van der Waals surface area contributed by atoms with E-state index >= 15 is 0 Å². The van der Waals surface area contributed by atoms with Crippen LogP contribution in [0.1, 0.15) is 18.9 Å². The Morgan fingerprint density at radius 1 is 1.40 bits per heavy atom. The highest BCUT2D eigenvalue weighted by Crippen LogP contribution is 2.03. The van der Waals surface area contributed by atoms with Crippen LogP contribution in [-0.2, 0) is 11.2 Å². The summed E-state index contributed by atoms with van der Waals surface area (Å²) in [6.45, 7) is 5.92. The van der Waals surface area contributed by atoms with Crippen molar-refractivity contribution in [1.29, 1.82) is 0 Å². The minimum atomic E-state index is 0.0538. The summed E-state index contributed by atoms with van der Waals surface area (Å²) < 4.78 is 0. The largest absolute Gasteiger partial charge is 0.320 e. The fraction of sp³-hybridized carbons (Fsp3) is 0.308. The number of carbonyl (C=O) groups is 1. The Balaban J connectivity index is 2.33. The number of benzene rings is 1. The van der Waals surface area contributed by atoms with Gasteiger partial charge in [0.15, 0.2) is 0 Å². The van der Waals surface area contributed by atoms with Gasteiger partial charge in [0.2, 0.25) is 5.91 Å². The third-order valence-electron chi connectivity index (χ3n) is 2.33. The van der Waals surface area contributed by atoms with Crippen LogP contribution in [-0.4, -0.2) is 17.4 Å². The molecule has 15 heavy (non-hydrogen) atoms. The average Bonchev–Trinajstić information content (AvgIpc) is 2.25. The summed E-state index contributed by atoms with van der Waals surface area (Å²) in [5.74, 6) is 0.0538. The van der Waals surface area contributed by atoms with Gasteiger partial charge in [-0.2, -0.15) is 0 Å². The van der Waals surface area contributed by atoms with Crippen LogP contribution >= 0.6 is 0 Å². The summed E-state index contributed by atoms with van der Waals surface area (Å²) in [5, 5.41) is 0. The fourth-order valence-electron chi connectivity index (χ4n) is 1.48. The van der Waals surface area contributed by atoms with Gasteiger partial charge in [0.25, 0.3) is 0 Å². The highest BCUT2D eigenvalue weighted by atomic mass is 16.2. The molecule has 2 nitrogen and oxygen atoms in total. The molecule has 0 atom stereocenters. The van der Waals surface area contributed by atoms with E-state index in [1.54, 1.807) is 18.0 Å². The van der Waals surface area contributed by atoms with E-state index in [2.05, 4.69) is 18.7 Å². The van der Waals surface area contributed by atoms with Gasteiger partial charge in [-0.1, -0.05) is 36.9 Å². The van der Waals surface area contributed by atoms with Crippen LogP contribution in [0, 0.1) is 0 Å². The van der Waals surface area contributed by atoms with Crippen molar-refractivity contribution in [3.63, 3.8) is 0 Å². The summed E-state index contributed by atoms with van der Waals surface area (Å²) in [7, 11) is 0. The van der Waals surface area contributed by atoms with Gasteiger partial charge < -0.3 is 4.90 Å². The van der Waals surface area contributed by atoms with Crippen molar-refractivity contribution in [1.82, 2.24) is 4.90 Å². The highest BCUT2D eigenvalue weighted by molar-refractivity contribution is 5.74. The second-order valence-electron chi connectivity index (χ2n) is 3.48. The van der Waals surface area contributed by atoms with Crippen molar-refractivity contribution in [2.75, 3.05) is 6.54 Å². The molecule has 1 amide bonds. The molecule has 0 heterocycles. The Bertz CT molecular complexity index is 319. The van der Waals surface area contributed by atoms with E-state index in [9.17, 15) is 4.79 Å². The number of carbonyl (C=O) groups excluding carboxylic acids is 1.